The monoisotopic (exact) mass is 370 g/mol. The van der Waals surface area contributed by atoms with Crippen LogP contribution in [-0.2, 0) is 4.79 Å². The molecule has 3 aromatic rings. The van der Waals surface area contributed by atoms with Crippen LogP contribution in [0.4, 0.5) is 5.69 Å². The van der Waals surface area contributed by atoms with Crippen molar-refractivity contribution in [3.05, 3.63) is 101 Å². The number of hydrogen-bond acceptors (Lipinski definition) is 3. The Morgan fingerprint density at radius 3 is 2.00 bits per heavy atom. The maximum atomic E-state index is 12.7. The van der Waals surface area contributed by atoms with Crippen LogP contribution >= 0.6 is 0 Å². The second kappa shape index (κ2) is 7.41. The summed E-state index contributed by atoms with van der Waals surface area (Å²) in [5.41, 5.74) is 4.43. The topological polar surface area (TPSA) is 40.6 Å². The summed E-state index contributed by atoms with van der Waals surface area (Å²) in [5, 5.41) is 0. The molecule has 0 unspecified atom stereocenters. The molecule has 4 heteroatoms. The summed E-state index contributed by atoms with van der Waals surface area (Å²) >= 11 is 0. The van der Waals surface area contributed by atoms with Gasteiger partial charge in [0.15, 0.2) is 0 Å². The zero-order valence-corrected chi connectivity index (χ0v) is 16.0. The van der Waals surface area contributed by atoms with Crippen molar-refractivity contribution in [2.75, 3.05) is 18.6 Å². The first kappa shape index (κ1) is 18.1. The molecule has 0 radical (unpaired) electrons. The third kappa shape index (κ3) is 3.23. The van der Waals surface area contributed by atoms with E-state index in [1.807, 2.05) is 62.5 Å². The molecule has 0 aliphatic carbocycles. The number of benzene rings is 3. The zero-order valence-electron chi connectivity index (χ0n) is 16.0. The summed E-state index contributed by atoms with van der Waals surface area (Å²) in [6.07, 6.45) is 0. The smallest absolute Gasteiger partial charge is 0.291 e. The van der Waals surface area contributed by atoms with E-state index in [0.29, 0.717) is 17.9 Å². The highest BCUT2D eigenvalue weighted by Crippen LogP contribution is 2.33. The van der Waals surface area contributed by atoms with Gasteiger partial charge in [-0.15, -0.1) is 0 Å². The van der Waals surface area contributed by atoms with Crippen molar-refractivity contribution in [3.63, 3.8) is 0 Å². The minimum atomic E-state index is -0.465. The summed E-state index contributed by atoms with van der Waals surface area (Å²) in [4.78, 5) is 28.8. The van der Waals surface area contributed by atoms with Gasteiger partial charge >= 0.3 is 5.91 Å². The number of aryl methyl sites for hydroxylation is 1. The Kier molecular flexibility index (Phi) is 4.80. The Bertz CT molecular complexity index is 976. The molecule has 0 fully saturated rings. The predicted molar refractivity (Wildman–Crippen MR) is 110 cm³/mol. The molecule has 1 amide bonds. The lowest BCUT2D eigenvalue weighted by Gasteiger charge is -2.32. The van der Waals surface area contributed by atoms with E-state index in [1.54, 1.807) is 11.0 Å². The molecule has 3 aromatic carbocycles. The minimum absolute atomic E-state index is 0.0280. The Labute approximate surface area is 165 Å². The number of nitrogens with zero attached hydrogens (tertiary/aromatic N) is 2. The number of amides is 1. The van der Waals surface area contributed by atoms with Crippen molar-refractivity contribution in [2.45, 2.75) is 13.0 Å². The largest absolute Gasteiger partial charge is 0.300 e. The number of hydrogen-bond donors (Lipinski definition) is 0. The summed E-state index contributed by atoms with van der Waals surface area (Å²) in [5.74, 6) is -0.893. The standard InChI is InChI=1S/C24H22N2O2/c1-17-13-14-21-20(15-17)23(27)24(28)26(21)16-25(2)22(18-9-5-3-6-10-18)19-11-7-4-8-12-19/h3-15,22H,16H2,1-2H3. The van der Waals surface area contributed by atoms with Crippen molar-refractivity contribution in [3.8, 4) is 0 Å². The average molecular weight is 370 g/mol. The van der Waals surface area contributed by atoms with Crippen LogP contribution in [0, 0.1) is 6.92 Å². The van der Waals surface area contributed by atoms with Crippen LogP contribution < -0.4 is 4.90 Å². The quantitative estimate of drug-likeness (QED) is 0.632. The van der Waals surface area contributed by atoms with Crippen molar-refractivity contribution >= 4 is 17.4 Å². The van der Waals surface area contributed by atoms with Gasteiger partial charge in [-0.1, -0.05) is 72.3 Å². The summed E-state index contributed by atoms with van der Waals surface area (Å²) in [6, 6.07) is 26.0. The fraction of sp³-hybridized carbons (Fsp3) is 0.167. The third-order valence-electron chi connectivity index (χ3n) is 5.16. The minimum Gasteiger partial charge on any atom is -0.291 e. The van der Waals surface area contributed by atoms with Gasteiger partial charge in [-0.3, -0.25) is 19.4 Å². The second-order valence-corrected chi connectivity index (χ2v) is 7.21. The van der Waals surface area contributed by atoms with Gasteiger partial charge in [-0.05, 0) is 37.2 Å². The first-order chi connectivity index (χ1) is 13.6. The van der Waals surface area contributed by atoms with Crippen LogP contribution in [0.5, 0.6) is 0 Å². The summed E-state index contributed by atoms with van der Waals surface area (Å²) in [7, 11) is 1.98. The molecule has 0 spiro atoms. The Morgan fingerprint density at radius 2 is 1.43 bits per heavy atom. The SMILES string of the molecule is Cc1ccc2c(c1)C(=O)C(=O)N2CN(C)C(c1ccccc1)c1ccccc1. The van der Waals surface area contributed by atoms with E-state index in [-0.39, 0.29) is 6.04 Å². The fourth-order valence-corrected chi connectivity index (χ4v) is 3.83. The lowest BCUT2D eigenvalue weighted by atomic mass is 9.98. The van der Waals surface area contributed by atoms with Gasteiger partial charge in [0.25, 0.3) is 5.78 Å². The lowest BCUT2D eigenvalue weighted by molar-refractivity contribution is -0.114. The van der Waals surface area contributed by atoms with Gasteiger partial charge in [-0.2, -0.15) is 0 Å². The molecule has 0 saturated carbocycles. The van der Waals surface area contributed by atoms with Gasteiger partial charge in [0.05, 0.1) is 24.0 Å². The maximum Gasteiger partial charge on any atom is 0.300 e. The predicted octanol–water partition coefficient (Wildman–Crippen LogP) is 4.20. The van der Waals surface area contributed by atoms with Crippen LogP contribution in [0.2, 0.25) is 0 Å². The van der Waals surface area contributed by atoms with Gasteiger partial charge in [0.1, 0.15) is 0 Å². The fourth-order valence-electron chi connectivity index (χ4n) is 3.83. The van der Waals surface area contributed by atoms with Crippen molar-refractivity contribution in [1.29, 1.82) is 0 Å². The molecule has 1 aliphatic rings. The van der Waals surface area contributed by atoms with E-state index in [4.69, 9.17) is 0 Å². The number of fused-ring (bicyclic) bond motifs is 1. The van der Waals surface area contributed by atoms with Crippen LogP contribution in [0.25, 0.3) is 0 Å². The molecule has 1 heterocycles. The van der Waals surface area contributed by atoms with Crippen molar-refractivity contribution < 1.29 is 9.59 Å². The van der Waals surface area contributed by atoms with Crippen LogP contribution in [0.3, 0.4) is 0 Å². The molecule has 4 nitrogen and oxygen atoms in total. The van der Waals surface area contributed by atoms with Crippen molar-refractivity contribution in [1.82, 2.24) is 4.90 Å². The molecule has 0 saturated heterocycles. The molecule has 1 aliphatic heterocycles. The van der Waals surface area contributed by atoms with Crippen LogP contribution in [0.15, 0.2) is 78.9 Å². The van der Waals surface area contributed by atoms with E-state index in [1.165, 1.54) is 0 Å². The van der Waals surface area contributed by atoms with E-state index >= 15 is 0 Å². The molecule has 0 N–H and O–H groups in total. The molecule has 0 atom stereocenters. The lowest BCUT2D eigenvalue weighted by Crippen LogP contribution is -2.41. The molecular formula is C24H22N2O2. The summed E-state index contributed by atoms with van der Waals surface area (Å²) < 4.78 is 0. The number of rotatable bonds is 5. The Morgan fingerprint density at radius 1 is 0.857 bits per heavy atom. The highest BCUT2D eigenvalue weighted by atomic mass is 16.2. The number of ketones is 1. The van der Waals surface area contributed by atoms with Crippen LogP contribution in [0.1, 0.15) is 33.1 Å². The summed E-state index contributed by atoms with van der Waals surface area (Å²) in [6.45, 7) is 2.25. The van der Waals surface area contributed by atoms with E-state index in [2.05, 4.69) is 29.2 Å². The van der Waals surface area contributed by atoms with Gasteiger partial charge in [-0.25, -0.2) is 0 Å². The van der Waals surface area contributed by atoms with Crippen LogP contribution in [-0.4, -0.2) is 30.3 Å². The molecule has 4 rings (SSSR count). The van der Waals surface area contributed by atoms with Gasteiger partial charge < -0.3 is 0 Å². The first-order valence-electron chi connectivity index (χ1n) is 9.33. The maximum absolute atomic E-state index is 12.7. The zero-order chi connectivity index (χ0) is 19.7. The molecule has 0 aromatic heterocycles. The number of carbonyl (C=O) groups excluding carboxylic acids is 2. The first-order valence-corrected chi connectivity index (χ1v) is 9.33. The molecule has 140 valence electrons. The number of Topliss-reactive ketones (excluding diaryl/α,β-unsaturated/α-hetero) is 1. The molecule has 0 bridgehead atoms. The Balaban J connectivity index is 1.69. The molecular weight excluding hydrogens is 348 g/mol. The second-order valence-electron chi connectivity index (χ2n) is 7.21. The van der Waals surface area contributed by atoms with E-state index in [0.717, 1.165) is 16.7 Å². The molecule has 28 heavy (non-hydrogen) atoms. The van der Waals surface area contributed by atoms with E-state index in [9.17, 15) is 9.59 Å². The number of carbonyl (C=O) groups is 2. The number of anilines is 1. The van der Waals surface area contributed by atoms with E-state index < -0.39 is 11.7 Å². The average Bonchev–Trinajstić information content (AvgIpc) is 2.94. The third-order valence-corrected chi connectivity index (χ3v) is 5.16. The van der Waals surface area contributed by atoms with Gasteiger partial charge in [0.2, 0.25) is 0 Å². The Hall–Kier alpha value is -3.24. The van der Waals surface area contributed by atoms with Gasteiger partial charge in [0, 0.05) is 0 Å². The highest BCUT2D eigenvalue weighted by Gasteiger charge is 2.37. The highest BCUT2D eigenvalue weighted by molar-refractivity contribution is 6.52. The normalized spacial score (nSPS) is 13.5. The van der Waals surface area contributed by atoms with Crippen molar-refractivity contribution in [2.24, 2.45) is 0 Å².